The molecule has 8 nitrogen and oxygen atoms in total. The normalized spacial score (nSPS) is 22.0. The van der Waals surface area contributed by atoms with Crippen molar-refractivity contribution in [1.29, 1.82) is 0 Å². The minimum Gasteiger partial charge on any atom is -0.491 e. The highest BCUT2D eigenvalue weighted by Gasteiger charge is 2.39. The van der Waals surface area contributed by atoms with Gasteiger partial charge in [0, 0.05) is 12.7 Å². The third-order valence-corrected chi connectivity index (χ3v) is 5.23. The summed E-state index contributed by atoms with van der Waals surface area (Å²) in [7, 11) is 0. The van der Waals surface area contributed by atoms with Crippen molar-refractivity contribution in [2.24, 2.45) is 16.8 Å². The third-order valence-electron chi connectivity index (χ3n) is 5.01. The summed E-state index contributed by atoms with van der Waals surface area (Å²) in [5.41, 5.74) is 6.75. The molecule has 0 unspecified atom stereocenters. The van der Waals surface area contributed by atoms with Gasteiger partial charge in [0.05, 0.1) is 28.2 Å². The van der Waals surface area contributed by atoms with Crippen LogP contribution < -0.4 is 10.5 Å². The highest BCUT2D eigenvalue weighted by atomic mass is 35.5. The second-order valence-electron chi connectivity index (χ2n) is 6.81. The van der Waals surface area contributed by atoms with Crippen LogP contribution >= 0.6 is 11.6 Å². The Hall–Kier alpha value is -3.00. The van der Waals surface area contributed by atoms with Gasteiger partial charge >= 0.3 is 5.97 Å². The quantitative estimate of drug-likeness (QED) is 0.354. The maximum Gasteiger partial charge on any atom is 0.339 e. The van der Waals surface area contributed by atoms with Gasteiger partial charge in [0.1, 0.15) is 12.4 Å². The number of rotatable bonds is 3. The molecule has 1 saturated heterocycles. The van der Waals surface area contributed by atoms with E-state index in [0.717, 1.165) is 0 Å². The number of piperidine rings is 1. The Morgan fingerprint density at radius 3 is 2.96 bits per heavy atom. The number of carbonyl (C=O) groups excluding carboxylic acids is 2. The van der Waals surface area contributed by atoms with Gasteiger partial charge < -0.3 is 25.2 Å². The van der Waals surface area contributed by atoms with Gasteiger partial charge in [-0.25, -0.2) is 4.79 Å². The second-order valence-corrected chi connectivity index (χ2v) is 7.25. The second kappa shape index (κ2) is 7.55. The molecule has 28 heavy (non-hydrogen) atoms. The van der Waals surface area contributed by atoms with Crippen molar-refractivity contribution in [2.45, 2.75) is 18.9 Å². The molecular formula is C19H19ClN4O4. The number of nitrogens with two attached hydrogens (primary N) is 1. The molecule has 1 aromatic heterocycles. The summed E-state index contributed by atoms with van der Waals surface area (Å²) in [6, 6.07) is 8.64. The van der Waals surface area contributed by atoms with Gasteiger partial charge in [-0.15, -0.1) is 0 Å². The molecule has 0 saturated carbocycles. The topological polar surface area (TPSA) is 110 Å². The van der Waals surface area contributed by atoms with E-state index in [1.807, 2.05) is 6.07 Å². The van der Waals surface area contributed by atoms with Crippen molar-refractivity contribution in [2.75, 3.05) is 13.2 Å². The standard InChI is InChI=1S/C19H19ClN4O4/c20-12-7-15(22-8-12)17(21)23-28-19(26)11-5-6-13-10-27-16-4-2-1-3-14(16)18(25)24(13)9-11/h1-4,7-8,11,13,22H,5-6,9-10H2,(H2,21,23)/t11-,13-/m0/s1. The number of benzene rings is 1. The number of amides is 1. The van der Waals surface area contributed by atoms with Gasteiger partial charge in [-0.2, -0.15) is 0 Å². The van der Waals surface area contributed by atoms with E-state index in [2.05, 4.69) is 10.1 Å². The predicted octanol–water partition coefficient (Wildman–Crippen LogP) is 2.14. The van der Waals surface area contributed by atoms with E-state index in [-0.39, 0.29) is 24.3 Å². The van der Waals surface area contributed by atoms with Crippen molar-refractivity contribution in [1.82, 2.24) is 9.88 Å². The largest absolute Gasteiger partial charge is 0.491 e. The average Bonchev–Trinajstić information content (AvgIpc) is 3.10. The minimum absolute atomic E-state index is 0.0158. The first-order valence-corrected chi connectivity index (χ1v) is 9.32. The Labute approximate surface area is 166 Å². The van der Waals surface area contributed by atoms with Crippen LogP contribution in [0, 0.1) is 5.92 Å². The number of carbonyl (C=O) groups is 2. The lowest BCUT2D eigenvalue weighted by Gasteiger charge is -2.36. The zero-order chi connectivity index (χ0) is 19.7. The highest BCUT2D eigenvalue weighted by Crippen LogP contribution is 2.31. The molecule has 2 atom stereocenters. The molecule has 1 amide bonds. The molecule has 2 aliphatic heterocycles. The number of fused-ring (bicyclic) bond motifs is 2. The number of oxime groups is 1. The number of H-pyrrole nitrogens is 1. The number of hydrogen-bond donors (Lipinski definition) is 2. The smallest absolute Gasteiger partial charge is 0.339 e. The van der Waals surface area contributed by atoms with Crippen molar-refractivity contribution in [3.8, 4) is 5.75 Å². The fourth-order valence-electron chi connectivity index (χ4n) is 3.49. The van der Waals surface area contributed by atoms with Crippen molar-refractivity contribution >= 4 is 29.3 Å². The Bertz CT molecular complexity index is 942. The van der Waals surface area contributed by atoms with Crippen molar-refractivity contribution in [3.05, 3.63) is 52.8 Å². The van der Waals surface area contributed by atoms with Crippen LogP contribution in [0.3, 0.4) is 0 Å². The number of aromatic nitrogens is 1. The molecule has 0 radical (unpaired) electrons. The number of aromatic amines is 1. The molecule has 146 valence electrons. The van der Waals surface area contributed by atoms with E-state index >= 15 is 0 Å². The van der Waals surface area contributed by atoms with E-state index in [9.17, 15) is 9.59 Å². The molecular weight excluding hydrogens is 384 g/mol. The SMILES string of the molecule is NC(=NOC(=O)[C@H]1CC[C@H]2COc3ccccc3C(=O)N2C1)c1cc(Cl)c[nH]1. The van der Waals surface area contributed by atoms with Crippen LogP contribution in [0.5, 0.6) is 5.75 Å². The first kappa shape index (κ1) is 18.4. The molecule has 0 spiro atoms. The van der Waals surface area contributed by atoms with Gasteiger partial charge in [0.25, 0.3) is 5.91 Å². The minimum atomic E-state index is -0.523. The van der Waals surface area contributed by atoms with Crippen molar-refractivity contribution < 1.29 is 19.2 Å². The lowest BCUT2D eigenvalue weighted by Crippen LogP contribution is -2.49. The van der Waals surface area contributed by atoms with Gasteiger partial charge in [-0.3, -0.25) is 4.79 Å². The monoisotopic (exact) mass is 402 g/mol. The van der Waals surface area contributed by atoms with Gasteiger partial charge in [0.15, 0.2) is 5.84 Å². The molecule has 1 aromatic carbocycles. The van der Waals surface area contributed by atoms with E-state index in [1.165, 1.54) is 0 Å². The van der Waals surface area contributed by atoms with E-state index in [4.69, 9.17) is 26.9 Å². The predicted molar refractivity (Wildman–Crippen MR) is 102 cm³/mol. The van der Waals surface area contributed by atoms with E-state index < -0.39 is 11.9 Å². The maximum atomic E-state index is 12.9. The molecule has 0 bridgehead atoms. The van der Waals surface area contributed by atoms with Gasteiger partial charge in [0.2, 0.25) is 0 Å². The number of ether oxygens (including phenoxy) is 1. The summed E-state index contributed by atoms with van der Waals surface area (Å²) in [4.78, 5) is 34.9. The lowest BCUT2D eigenvalue weighted by molar-refractivity contribution is -0.150. The van der Waals surface area contributed by atoms with Gasteiger partial charge in [-0.05, 0) is 31.0 Å². The Morgan fingerprint density at radius 2 is 2.18 bits per heavy atom. The molecule has 9 heteroatoms. The van der Waals surface area contributed by atoms with Crippen molar-refractivity contribution in [3.63, 3.8) is 0 Å². The number of nitrogens with one attached hydrogen (secondary N) is 1. The van der Waals surface area contributed by atoms with E-state index in [0.29, 0.717) is 41.5 Å². The van der Waals surface area contributed by atoms with Crippen LogP contribution in [0.15, 0.2) is 41.7 Å². The highest BCUT2D eigenvalue weighted by molar-refractivity contribution is 6.31. The van der Waals surface area contributed by atoms with Crippen LogP contribution in [0.25, 0.3) is 0 Å². The molecule has 2 aromatic rings. The molecule has 3 heterocycles. The van der Waals surface area contributed by atoms with Crippen LogP contribution in [-0.4, -0.2) is 46.8 Å². The van der Waals surface area contributed by atoms with Crippen LogP contribution in [0.2, 0.25) is 5.02 Å². The molecule has 3 N–H and O–H groups in total. The average molecular weight is 403 g/mol. The van der Waals surface area contributed by atoms with Gasteiger partial charge in [-0.1, -0.05) is 28.9 Å². The molecule has 0 aliphatic carbocycles. The number of nitrogens with zero attached hydrogens (tertiary/aromatic N) is 2. The van der Waals surface area contributed by atoms with Crippen LogP contribution in [0.1, 0.15) is 28.9 Å². The fourth-order valence-corrected chi connectivity index (χ4v) is 3.65. The number of halogens is 1. The van der Waals surface area contributed by atoms with Crippen LogP contribution in [0.4, 0.5) is 0 Å². The molecule has 1 fully saturated rings. The summed E-state index contributed by atoms with van der Waals surface area (Å²) in [6.45, 7) is 0.660. The Morgan fingerprint density at radius 1 is 1.36 bits per heavy atom. The third kappa shape index (κ3) is 3.55. The molecule has 4 rings (SSSR count). The summed E-state index contributed by atoms with van der Waals surface area (Å²) in [6.07, 6.45) is 2.77. The summed E-state index contributed by atoms with van der Waals surface area (Å²) < 4.78 is 5.78. The summed E-state index contributed by atoms with van der Waals surface area (Å²) >= 11 is 5.82. The maximum absolute atomic E-state index is 12.9. The Kier molecular flexibility index (Phi) is 4.95. The first-order valence-electron chi connectivity index (χ1n) is 8.94. The lowest BCUT2D eigenvalue weighted by atomic mass is 9.92. The number of para-hydroxylation sites is 1. The summed E-state index contributed by atoms with van der Waals surface area (Å²) in [5, 5.41) is 4.16. The fraction of sp³-hybridized carbons (Fsp3) is 0.316. The van der Waals surface area contributed by atoms with Crippen LogP contribution in [-0.2, 0) is 9.63 Å². The Balaban J connectivity index is 1.45. The number of hydrogen-bond acceptors (Lipinski definition) is 5. The zero-order valence-electron chi connectivity index (χ0n) is 14.9. The summed E-state index contributed by atoms with van der Waals surface area (Å²) in [5.74, 6) is -0.552. The molecule has 2 aliphatic rings. The zero-order valence-corrected chi connectivity index (χ0v) is 15.7. The first-order chi connectivity index (χ1) is 13.5. The number of amidine groups is 1. The van der Waals surface area contributed by atoms with E-state index in [1.54, 1.807) is 35.4 Å².